The van der Waals surface area contributed by atoms with Gasteiger partial charge < -0.3 is 9.47 Å². The SMILES string of the molecule is COC[Si](C)(C)CCCOc1ccc(C(=O)c2ccc(-c3ccccc3)cc2)cc1. The highest BCUT2D eigenvalue weighted by molar-refractivity contribution is 6.77. The van der Waals surface area contributed by atoms with E-state index in [0.717, 1.165) is 29.5 Å². The van der Waals surface area contributed by atoms with Crippen molar-refractivity contribution in [3.8, 4) is 16.9 Å². The van der Waals surface area contributed by atoms with Crippen molar-refractivity contribution in [2.75, 3.05) is 19.9 Å². The highest BCUT2D eigenvalue weighted by Gasteiger charge is 2.19. The Balaban J connectivity index is 1.55. The molecule has 0 fully saturated rings. The van der Waals surface area contributed by atoms with E-state index in [9.17, 15) is 4.79 Å². The first-order valence-corrected chi connectivity index (χ1v) is 13.8. The third-order valence-electron chi connectivity index (χ3n) is 5.17. The fraction of sp³-hybridized carbons (Fsp3) is 0.269. The second-order valence-corrected chi connectivity index (χ2v) is 13.5. The Kier molecular flexibility index (Phi) is 7.61. The van der Waals surface area contributed by atoms with Gasteiger partial charge in [-0.15, -0.1) is 0 Å². The number of carbonyl (C=O) groups is 1. The minimum Gasteiger partial charge on any atom is -0.494 e. The van der Waals surface area contributed by atoms with Gasteiger partial charge in [-0.2, -0.15) is 0 Å². The average Bonchev–Trinajstić information content (AvgIpc) is 2.77. The molecule has 3 aromatic rings. The molecule has 4 heteroatoms. The first-order valence-electron chi connectivity index (χ1n) is 10.4. The van der Waals surface area contributed by atoms with Crippen LogP contribution < -0.4 is 4.74 Å². The van der Waals surface area contributed by atoms with Crippen LogP contribution in [-0.2, 0) is 4.74 Å². The van der Waals surface area contributed by atoms with Crippen molar-refractivity contribution in [2.45, 2.75) is 25.6 Å². The lowest BCUT2D eigenvalue weighted by atomic mass is 9.99. The Morgan fingerprint density at radius 3 is 1.97 bits per heavy atom. The van der Waals surface area contributed by atoms with Crippen molar-refractivity contribution < 1.29 is 14.3 Å². The van der Waals surface area contributed by atoms with Gasteiger partial charge in [0, 0.05) is 24.5 Å². The molecule has 3 rings (SSSR count). The fourth-order valence-electron chi connectivity index (χ4n) is 3.52. The molecule has 0 aliphatic carbocycles. The zero-order valence-corrected chi connectivity index (χ0v) is 19.1. The molecule has 0 radical (unpaired) electrons. The maximum Gasteiger partial charge on any atom is 0.193 e. The summed E-state index contributed by atoms with van der Waals surface area (Å²) >= 11 is 0. The summed E-state index contributed by atoms with van der Waals surface area (Å²) in [7, 11) is 0.494. The summed E-state index contributed by atoms with van der Waals surface area (Å²) in [6, 6.07) is 26.5. The molecule has 0 unspecified atom stereocenters. The van der Waals surface area contributed by atoms with Crippen LogP contribution in [0.15, 0.2) is 78.9 Å². The Hall–Kier alpha value is -2.69. The van der Waals surface area contributed by atoms with Crippen LogP contribution >= 0.6 is 0 Å². The maximum atomic E-state index is 12.8. The number of ether oxygens (including phenoxy) is 2. The molecule has 0 atom stereocenters. The van der Waals surface area contributed by atoms with Crippen LogP contribution in [0, 0.1) is 0 Å². The lowest BCUT2D eigenvalue weighted by Crippen LogP contribution is -2.32. The Labute approximate surface area is 180 Å². The summed E-state index contributed by atoms with van der Waals surface area (Å²) in [6.07, 6.45) is 1.91. The smallest absolute Gasteiger partial charge is 0.193 e. The molecule has 0 aromatic heterocycles. The van der Waals surface area contributed by atoms with E-state index < -0.39 is 8.07 Å². The zero-order valence-electron chi connectivity index (χ0n) is 18.1. The van der Waals surface area contributed by atoms with Crippen LogP contribution in [0.5, 0.6) is 5.75 Å². The van der Waals surface area contributed by atoms with Crippen molar-refractivity contribution in [3.05, 3.63) is 90.0 Å². The highest BCUT2D eigenvalue weighted by Crippen LogP contribution is 2.21. The van der Waals surface area contributed by atoms with E-state index in [4.69, 9.17) is 9.47 Å². The summed E-state index contributed by atoms with van der Waals surface area (Å²) in [5.41, 5.74) is 3.61. The van der Waals surface area contributed by atoms with Gasteiger partial charge in [-0.3, -0.25) is 4.79 Å². The van der Waals surface area contributed by atoms with Crippen LogP contribution in [0.1, 0.15) is 22.3 Å². The molecule has 3 nitrogen and oxygen atoms in total. The first kappa shape index (κ1) is 22.0. The van der Waals surface area contributed by atoms with Gasteiger partial charge in [0.05, 0.1) is 14.7 Å². The zero-order chi connectivity index (χ0) is 21.4. The molecule has 156 valence electrons. The molecule has 0 amide bonds. The molecule has 0 aliphatic rings. The van der Waals surface area contributed by atoms with Gasteiger partial charge in [0.15, 0.2) is 5.78 Å². The Morgan fingerprint density at radius 1 is 0.800 bits per heavy atom. The van der Waals surface area contributed by atoms with Gasteiger partial charge in [-0.1, -0.05) is 73.7 Å². The predicted molar refractivity (Wildman–Crippen MR) is 126 cm³/mol. The normalized spacial score (nSPS) is 11.3. The van der Waals surface area contributed by atoms with Crippen LogP contribution in [0.2, 0.25) is 19.1 Å². The predicted octanol–water partition coefficient (Wildman–Crippen LogP) is 6.25. The van der Waals surface area contributed by atoms with Crippen molar-refractivity contribution >= 4 is 13.9 Å². The number of hydrogen-bond acceptors (Lipinski definition) is 3. The lowest BCUT2D eigenvalue weighted by Gasteiger charge is -2.20. The standard InChI is InChI=1S/C26H30O3Si/c1-28-20-30(2,3)19-7-18-29-25-16-14-24(15-17-25)26(27)23-12-10-22(11-13-23)21-8-5-4-6-9-21/h4-6,8-17H,7,18-20H2,1-3H3. The molecule has 0 N–H and O–H groups in total. The molecule has 30 heavy (non-hydrogen) atoms. The van der Waals surface area contributed by atoms with Gasteiger partial charge in [0.2, 0.25) is 0 Å². The van der Waals surface area contributed by atoms with Crippen molar-refractivity contribution in [1.82, 2.24) is 0 Å². The van der Waals surface area contributed by atoms with E-state index in [1.807, 2.05) is 66.7 Å². The topological polar surface area (TPSA) is 35.5 Å². The molecule has 0 aliphatic heterocycles. The highest BCUT2D eigenvalue weighted by atomic mass is 28.3. The van der Waals surface area contributed by atoms with E-state index in [1.165, 1.54) is 6.04 Å². The third kappa shape index (κ3) is 6.15. The van der Waals surface area contributed by atoms with Gasteiger partial charge in [0.25, 0.3) is 0 Å². The van der Waals surface area contributed by atoms with E-state index in [-0.39, 0.29) is 5.78 Å². The summed E-state index contributed by atoms with van der Waals surface area (Å²) in [6.45, 7) is 5.36. The fourth-order valence-corrected chi connectivity index (χ4v) is 5.54. The monoisotopic (exact) mass is 418 g/mol. The third-order valence-corrected chi connectivity index (χ3v) is 7.95. The Bertz CT molecular complexity index is 932. The average molecular weight is 419 g/mol. The maximum absolute atomic E-state index is 12.8. The van der Waals surface area contributed by atoms with Crippen molar-refractivity contribution in [2.24, 2.45) is 0 Å². The summed E-state index contributed by atoms with van der Waals surface area (Å²) < 4.78 is 11.2. The number of carbonyl (C=O) groups excluding carboxylic acids is 1. The van der Waals surface area contributed by atoms with Gasteiger partial charge in [-0.25, -0.2) is 0 Å². The van der Waals surface area contributed by atoms with Gasteiger partial charge in [0.1, 0.15) is 5.75 Å². The second kappa shape index (κ2) is 10.4. The van der Waals surface area contributed by atoms with Crippen LogP contribution in [0.3, 0.4) is 0 Å². The Morgan fingerprint density at radius 2 is 1.37 bits per heavy atom. The van der Waals surface area contributed by atoms with Gasteiger partial charge in [-0.05, 0) is 41.8 Å². The summed E-state index contributed by atoms with van der Waals surface area (Å²) in [5.74, 6) is 0.825. The van der Waals surface area contributed by atoms with Gasteiger partial charge >= 0.3 is 0 Å². The number of benzene rings is 3. The van der Waals surface area contributed by atoms with E-state index in [2.05, 4.69) is 25.2 Å². The van der Waals surface area contributed by atoms with Crippen LogP contribution in [0.25, 0.3) is 11.1 Å². The molecule has 0 saturated carbocycles. The molecule has 0 bridgehead atoms. The van der Waals surface area contributed by atoms with E-state index >= 15 is 0 Å². The van der Waals surface area contributed by atoms with E-state index in [1.54, 1.807) is 7.11 Å². The van der Waals surface area contributed by atoms with Crippen molar-refractivity contribution in [3.63, 3.8) is 0 Å². The lowest BCUT2D eigenvalue weighted by molar-refractivity contribution is 0.103. The summed E-state index contributed by atoms with van der Waals surface area (Å²) in [5, 5.41) is 0. The minimum absolute atomic E-state index is 0.0217. The number of ketones is 1. The van der Waals surface area contributed by atoms with E-state index in [0.29, 0.717) is 17.7 Å². The molecular weight excluding hydrogens is 388 g/mol. The molecule has 0 heterocycles. The molecule has 0 spiro atoms. The number of rotatable bonds is 10. The van der Waals surface area contributed by atoms with Crippen LogP contribution in [-0.4, -0.2) is 33.8 Å². The molecular formula is C26H30O3Si. The van der Waals surface area contributed by atoms with Crippen LogP contribution in [0.4, 0.5) is 0 Å². The molecule has 0 saturated heterocycles. The largest absolute Gasteiger partial charge is 0.494 e. The minimum atomic E-state index is -1.28. The molecule has 3 aromatic carbocycles. The second-order valence-electron chi connectivity index (χ2n) is 8.35. The number of hydrogen-bond donors (Lipinski definition) is 0. The van der Waals surface area contributed by atoms with Crippen molar-refractivity contribution in [1.29, 1.82) is 0 Å². The first-order chi connectivity index (χ1) is 14.5. The quantitative estimate of drug-likeness (QED) is 0.222. The number of methoxy groups -OCH3 is 1. The summed E-state index contributed by atoms with van der Waals surface area (Å²) in [4.78, 5) is 12.8.